The van der Waals surface area contributed by atoms with Crippen LogP contribution in [0.4, 0.5) is 0 Å². The van der Waals surface area contributed by atoms with Crippen molar-refractivity contribution in [2.75, 3.05) is 0 Å². The number of benzene rings is 2. The van der Waals surface area contributed by atoms with Gasteiger partial charge >= 0.3 is 5.69 Å². The maximum absolute atomic E-state index is 13.3. The molecule has 0 aliphatic heterocycles. The molecular formula is C21H18N2O2S. The van der Waals surface area contributed by atoms with Crippen molar-refractivity contribution in [2.24, 2.45) is 0 Å². The maximum atomic E-state index is 13.3. The predicted molar refractivity (Wildman–Crippen MR) is 107 cm³/mol. The minimum Gasteiger partial charge on any atom is -0.288 e. The van der Waals surface area contributed by atoms with E-state index in [1.54, 1.807) is 4.57 Å². The Morgan fingerprint density at radius 3 is 2.38 bits per heavy atom. The summed E-state index contributed by atoms with van der Waals surface area (Å²) < 4.78 is 3.58. The highest BCUT2D eigenvalue weighted by Gasteiger charge is 2.16. The van der Waals surface area contributed by atoms with Gasteiger partial charge in [0.25, 0.3) is 5.56 Å². The molecule has 2 aromatic carbocycles. The lowest BCUT2D eigenvalue weighted by Crippen LogP contribution is -2.39. The van der Waals surface area contributed by atoms with Crippen LogP contribution in [0, 0.1) is 13.8 Å². The van der Waals surface area contributed by atoms with Crippen molar-refractivity contribution in [1.82, 2.24) is 9.13 Å². The van der Waals surface area contributed by atoms with E-state index in [0.717, 1.165) is 11.1 Å². The number of hydrogen-bond acceptors (Lipinski definition) is 3. The highest BCUT2D eigenvalue weighted by molar-refractivity contribution is 7.17. The van der Waals surface area contributed by atoms with Crippen LogP contribution in [0.2, 0.25) is 0 Å². The second-order valence-corrected chi connectivity index (χ2v) is 7.33. The van der Waals surface area contributed by atoms with Crippen molar-refractivity contribution < 1.29 is 0 Å². The van der Waals surface area contributed by atoms with E-state index in [2.05, 4.69) is 0 Å². The summed E-state index contributed by atoms with van der Waals surface area (Å²) in [5.41, 5.74) is 3.85. The van der Waals surface area contributed by atoms with E-state index in [1.807, 2.05) is 73.8 Å². The zero-order valence-corrected chi connectivity index (χ0v) is 15.4. The van der Waals surface area contributed by atoms with Crippen LogP contribution in [0.1, 0.15) is 16.7 Å². The van der Waals surface area contributed by atoms with Crippen molar-refractivity contribution in [2.45, 2.75) is 20.4 Å². The first kappa shape index (κ1) is 16.5. The minimum atomic E-state index is -0.309. The molecule has 4 aromatic rings. The molecule has 0 saturated heterocycles. The largest absolute Gasteiger partial charge is 0.336 e. The minimum absolute atomic E-state index is 0.255. The molecule has 0 amide bonds. The maximum Gasteiger partial charge on any atom is 0.336 e. The summed E-state index contributed by atoms with van der Waals surface area (Å²) in [6.45, 7) is 4.37. The van der Waals surface area contributed by atoms with Gasteiger partial charge in [-0.15, -0.1) is 11.3 Å². The monoisotopic (exact) mass is 362 g/mol. The van der Waals surface area contributed by atoms with Gasteiger partial charge in [0.05, 0.1) is 17.7 Å². The molecule has 0 spiro atoms. The van der Waals surface area contributed by atoms with E-state index in [4.69, 9.17) is 0 Å². The lowest BCUT2D eigenvalue weighted by molar-refractivity contribution is 0.715. The summed E-state index contributed by atoms with van der Waals surface area (Å²) >= 11 is 1.37. The van der Waals surface area contributed by atoms with Crippen LogP contribution in [0.3, 0.4) is 0 Å². The second-order valence-electron chi connectivity index (χ2n) is 6.42. The molecule has 0 N–H and O–H groups in total. The van der Waals surface area contributed by atoms with Gasteiger partial charge in [-0.2, -0.15) is 0 Å². The van der Waals surface area contributed by atoms with Gasteiger partial charge in [0.1, 0.15) is 4.70 Å². The average molecular weight is 362 g/mol. The SMILES string of the molecule is Cc1ccc(Cn2c(=O)n(-c3ccccc3C)c(=O)c3sccc32)cc1. The van der Waals surface area contributed by atoms with Crippen molar-refractivity contribution in [3.05, 3.63) is 97.5 Å². The molecular weight excluding hydrogens is 344 g/mol. The number of thiophene rings is 1. The fourth-order valence-corrected chi connectivity index (χ4v) is 3.97. The molecule has 0 atom stereocenters. The third-order valence-corrected chi connectivity index (χ3v) is 5.46. The molecule has 5 heteroatoms. The highest BCUT2D eigenvalue weighted by Crippen LogP contribution is 2.18. The summed E-state index contributed by atoms with van der Waals surface area (Å²) in [4.78, 5) is 26.2. The van der Waals surface area contributed by atoms with Crippen LogP contribution in [0.15, 0.2) is 69.6 Å². The molecule has 4 rings (SSSR count). The van der Waals surface area contributed by atoms with Gasteiger partial charge < -0.3 is 0 Å². The van der Waals surface area contributed by atoms with Crippen LogP contribution in [0.5, 0.6) is 0 Å². The first-order valence-electron chi connectivity index (χ1n) is 8.41. The first-order valence-corrected chi connectivity index (χ1v) is 9.29. The Labute approximate surface area is 154 Å². The molecule has 0 aliphatic rings. The van der Waals surface area contributed by atoms with Crippen LogP contribution in [0.25, 0.3) is 15.9 Å². The van der Waals surface area contributed by atoms with Gasteiger partial charge in [0.15, 0.2) is 0 Å². The van der Waals surface area contributed by atoms with E-state index in [-0.39, 0.29) is 11.2 Å². The third kappa shape index (κ3) is 2.70. The number of para-hydroxylation sites is 1. The zero-order chi connectivity index (χ0) is 18.3. The molecule has 0 unspecified atom stereocenters. The summed E-state index contributed by atoms with van der Waals surface area (Å²) in [5.74, 6) is 0. The zero-order valence-electron chi connectivity index (χ0n) is 14.6. The van der Waals surface area contributed by atoms with E-state index < -0.39 is 0 Å². The third-order valence-electron chi connectivity index (χ3n) is 4.57. The van der Waals surface area contributed by atoms with Gasteiger partial charge in [-0.25, -0.2) is 9.36 Å². The first-order chi connectivity index (χ1) is 12.6. The molecule has 0 fully saturated rings. The van der Waals surface area contributed by atoms with E-state index in [0.29, 0.717) is 22.4 Å². The van der Waals surface area contributed by atoms with Gasteiger partial charge in [-0.05, 0) is 42.5 Å². The number of hydrogen-bond donors (Lipinski definition) is 0. The molecule has 2 heterocycles. The average Bonchev–Trinajstić information content (AvgIpc) is 3.12. The number of aromatic nitrogens is 2. The van der Waals surface area contributed by atoms with Gasteiger partial charge in [0, 0.05) is 0 Å². The lowest BCUT2D eigenvalue weighted by atomic mass is 10.1. The summed E-state index contributed by atoms with van der Waals surface area (Å²) in [5, 5.41) is 1.86. The Morgan fingerprint density at radius 1 is 0.923 bits per heavy atom. The summed E-state index contributed by atoms with van der Waals surface area (Å²) in [6, 6.07) is 17.4. The fraction of sp³-hybridized carbons (Fsp3) is 0.143. The van der Waals surface area contributed by atoms with E-state index in [1.165, 1.54) is 21.5 Å². The fourth-order valence-electron chi connectivity index (χ4n) is 3.14. The standard InChI is InChI=1S/C21H18N2O2S/c1-14-7-9-16(10-8-14)13-22-18-11-12-26-19(18)20(24)23(21(22)25)17-6-4-3-5-15(17)2/h3-12H,13H2,1-2H3. The molecule has 0 saturated carbocycles. The normalized spacial score (nSPS) is 11.2. The highest BCUT2D eigenvalue weighted by atomic mass is 32.1. The Bertz CT molecular complexity index is 1210. The molecule has 0 radical (unpaired) electrons. The van der Waals surface area contributed by atoms with E-state index >= 15 is 0 Å². The Morgan fingerprint density at radius 2 is 1.65 bits per heavy atom. The topological polar surface area (TPSA) is 44.0 Å². The van der Waals surface area contributed by atoms with Crippen molar-refractivity contribution >= 4 is 21.6 Å². The molecule has 4 nitrogen and oxygen atoms in total. The number of fused-ring (bicyclic) bond motifs is 1. The van der Waals surface area contributed by atoms with Crippen molar-refractivity contribution in [1.29, 1.82) is 0 Å². The van der Waals surface area contributed by atoms with Crippen molar-refractivity contribution in [3.8, 4) is 5.69 Å². The Hall–Kier alpha value is -2.92. The van der Waals surface area contributed by atoms with Crippen LogP contribution in [-0.4, -0.2) is 9.13 Å². The van der Waals surface area contributed by atoms with Gasteiger partial charge in [-0.1, -0.05) is 48.0 Å². The van der Waals surface area contributed by atoms with Crippen LogP contribution >= 0.6 is 11.3 Å². The number of rotatable bonds is 3. The molecule has 2 aromatic heterocycles. The molecule has 0 bridgehead atoms. The predicted octanol–water partition coefficient (Wildman–Crippen LogP) is 3.88. The van der Waals surface area contributed by atoms with Crippen LogP contribution in [-0.2, 0) is 6.54 Å². The molecule has 130 valence electrons. The van der Waals surface area contributed by atoms with Crippen LogP contribution < -0.4 is 11.2 Å². The summed E-state index contributed by atoms with van der Waals surface area (Å²) in [6.07, 6.45) is 0. The van der Waals surface area contributed by atoms with Gasteiger partial charge in [-0.3, -0.25) is 9.36 Å². The molecule has 0 aliphatic carbocycles. The lowest BCUT2D eigenvalue weighted by Gasteiger charge is -2.14. The van der Waals surface area contributed by atoms with Gasteiger partial charge in [0.2, 0.25) is 0 Å². The quantitative estimate of drug-likeness (QED) is 0.555. The second kappa shape index (κ2) is 6.42. The van der Waals surface area contributed by atoms with E-state index in [9.17, 15) is 9.59 Å². The number of nitrogens with zero attached hydrogens (tertiary/aromatic N) is 2. The Kier molecular flexibility index (Phi) is 4.09. The smallest absolute Gasteiger partial charge is 0.288 e. The number of aryl methyl sites for hydroxylation is 2. The summed E-state index contributed by atoms with van der Waals surface area (Å²) in [7, 11) is 0. The molecule has 26 heavy (non-hydrogen) atoms. The Balaban J connectivity index is 2.00. The van der Waals surface area contributed by atoms with Crippen molar-refractivity contribution in [3.63, 3.8) is 0 Å².